The Bertz CT molecular complexity index is 1230. The molecule has 3 saturated heterocycles. The molecule has 0 aromatic heterocycles. The molecule has 0 spiro atoms. The van der Waals surface area contributed by atoms with Crippen LogP contribution in [0.4, 0.5) is 0 Å². The van der Waals surface area contributed by atoms with Gasteiger partial charge in [0, 0.05) is 26.2 Å². The Morgan fingerprint density at radius 2 is 1.53 bits per heavy atom. The van der Waals surface area contributed by atoms with Crippen molar-refractivity contribution in [2.24, 2.45) is 11.3 Å². The Hall–Kier alpha value is -2.98. The molecule has 0 radical (unpaired) electrons. The second-order valence-electron chi connectivity index (χ2n) is 15.4. The zero-order valence-electron chi connectivity index (χ0n) is 30.0. The van der Waals surface area contributed by atoms with E-state index in [4.69, 9.17) is 4.74 Å². The van der Waals surface area contributed by atoms with Gasteiger partial charge in [-0.3, -0.25) is 24.2 Å². The highest BCUT2D eigenvalue weighted by molar-refractivity contribution is 5.91. The van der Waals surface area contributed by atoms with Crippen molar-refractivity contribution < 1.29 is 23.9 Å². The summed E-state index contributed by atoms with van der Waals surface area (Å²) in [6.45, 7) is 14.8. The molecule has 4 rings (SSSR count). The number of hydrogen-bond donors (Lipinski definition) is 1. The predicted octanol–water partition coefficient (Wildman–Crippen LogP) is 4.24. The van der Waals surface area contributed by atoms with Crippen LogP contribution in [-0.2, 0) is 23.9 Å². The van der Waals surface area contributed by atoms with Gasteiger partial charge in [0.05, 0.1) is 12.1 Å². The van der Waals surface area contributed by atoms with Crippen LogP contribution in [0.2, 0.25) is 0 Å². The lowest BCUT2D eigenvalue weighted by Crippen LogP contribution is -2.61. The third kappa shape index (κ3) is 8.93. The monoisotopic (exact) mass is 653 g/mol. The van der Waals surface area contributed by atoms with Crippen molar-refractivity contribution in [1.82, 2.24) is 24.9 Å². The van der Waals surface area contributed by atoms with Gasteiger partial charge >= 0.3 is 5.97 Å². The Kier molecular flexibility index (Phi) is 12.5. The Balaban J connectivity index is 1.43. The van der Waals surface area contributed by atoms with Gasteiger partial charge in [-0.2, -0.15) is 0 Å². The fourth-order valence-corrected chi connectivity index (χ4v) is 7.52. The van der Waals surface area contributed by atoms with E-state index in [2.05, 4.69) is 29.0 Å². The first-order valence-electron chi connectivity index (χ1n) is 17.8. The van der Waals surface area contributed by atoms with Crippen molar-refractivity contribution in [1.29, 1.82) is 0 Å². The van der Waals surface area contributed by atoms with E-state index in [9.17, 15) is 19.2 Å². The quantitative estimate of drug-likeness (QED) is 0.357. The normalized spacial score (nSPS) is 24.5. The van der Waals surface area contributed by atoms with Crippen molar-refractivity contribution in [2.75, 3.05) is 40.3 Å². The molecular weight excluding hydrogens is 594 g/mol. The van der Waals surface area contributed by atoms with Crippen LogP contribution in [0.15, 0.2) is 30.3 Å². The van der Waals surface area contributed by atoms with E-state index in [1.54, 1.807) is 9.80 Å². The van der Waals surface area contributed by atoms with Crippen LogP contribution in [0.5, 0.6) is 0 Å². The first-order chi connectivity index (χ1) is 22.2. The number of esters is 1. The summed E-state index contributed by atoms with van der Waals surface area (Å²) in [7, 11) is 3.81. The molecule has 10 nitrogen and oxygen atoms in total. The molecule has 3 amide bonds. The Morgan fingerprint density at radius 1 is 0.894 bits per heavy atom. The van der Waals surface area contributed by atoms with Gasteiger partial charge in [0.15, 0.2) is 0 Å². The smallest absolute Gasteiger partial charge is 0.329 e. The van der Waals surface area contributed by atoms with Crippen LogP contribution >= 0.6 is 0 Å². The van der Waals surface area contributed by atoms with Crippen LogP contribution < -0.4 is 5.32 Å². The van der Waals surface area contributed by atoms with Crippen LogP contribution in [0, 0.1) is 11.3 Å². The Morgan fingerprint density at radius 3 is 2.17 bits per heavy atom. The zero-order chi connectivity index (χ0) is 34.5. The number of nitrogens with one attached hydrogen (secondary N) is 1. The molecule has 0 unspecified atom stereocenters. The zero-order valence-corrected chi connectivity index (χ0v) is 30.0. The van der Waals surface area contributed by atoms with E-state index in [1.807, 2.05) is 72.1 Å². The van der Waals surface area contributed by atoms with Crippen molar-refractivity contribution >= 4 is 23.7 Å². The second-order valence-corrected chi connectivity index (χ2v) is 15.4. The van der Waals surface area contributed by atoms with Gasteiger partial charge in [-0.25, -0.2) is 4.79 Å². The highest BCUT2D eigenvalue weighted by atomic mass is 16.5. The number of likely N-dealkylation sites (N-methyl/N-ethyl adjacent to an activating group) is 2. The number of amides is 3. The minimum absolute atomic E-state index is 0.0257. The standard InChI is InChI=1S/C37H59N5O5/c1-25(2)31(40(8)35(45)32(37(4,5)6)38-33(43)28-18-12-13-21-39(28)7)24-41-22-14-19-29(41)34(44)42-23-15-20-30(42)36(46)47-26(3)27-16-10-9-11-17-27/h9-11,16-17,25-26,28-32H,12-15,18-24H2,1-8H3,(H,38,43)/t26-,28-,29+,30+,31-,32-/m1/s1. The summed E-state index contributed by atoms with van der Waals surface area (Å²) < 4.78 is 5.84. The lowest BCUT2D eigenvalue weighted by molar-refractivity contribution is -0.159. The van der Waals surface area contributed by atoms with Crippen molar-refractivity contribution in [3.63, 3.8) is 0 Å². The maximum atomic E-state index is 14.2. The summed E-state index contributed by atoms with van der Waals surface area (Å²) >= 11 is 0. The molecule has 3 fully saturated rings. The molecule has 10 heteroatoms. The molecule has 1 aromatic carbocycles. The lowest BCUT2D eigenvalue weighted by atomic mass is 9.84. The van der Waals surface area contributed by atoms with E-state index in [1.165, 1.54) is 0 Å². The molecule has 1 aromatic rings. The minimum atomic E-state index is -0.678. The SMILES string of the molecule is CC(C)[C@@H](CN1CCC[C@H]1C(=O)N1CCC[C@H]1C(=O)O[C@H](C)c1ccccc1)N(C)C(=O)[C@@H](NC(=O)[C@H]1CCCCN1C)C(C)(C)C. The van der Waals surface area contributed by atoms with E-state index in [0.29, 0.717) is 19.5 Å². The molecule has 0 aliphatic carbocycles. The Labute approximate surface area is 282 Å². The predicted molar refractivity (Wildman–Crippen MR) is 183 cm³/mol. The van der Waals surface area contributed by atoms with Crippen LogP contribution in [-0.4, -0.2) is 114 Å². The van der Waals surface area contributed by atoms with Gasteiger partial charge in [0.25, 0.3) is 0 Å². The highest BCUT2D eigenvalue weighted by Gasteiger charge is 2.44. The summed E-state index contributed by atoms with van der Waals surface area (Å²) in [6.07, 6.45) is 5.45. The van der Waals surface area contributed by atoms with E-state index >= 15 is 0 Å². The van der Waals surface area contributed by atoms with Gasteiger partial charge in [-0.15, -0.1) is 0 Å². The number of benzene rings is 1. The summed E-state index contributed by atoms with van der Waals surface area (Å²) in [5.74, 6) is -0.453. The van der Waals surface area contributed by atoms with Crippen molar-refractivity contribution in [2.45, 2.75) is 123 Å². The summed E-state index contributed by atoms with van der Waals surface area (Å²) in [5.41, 5.74) is 0.436. The molecule has 3 heterocycles. The maximum absolute atomic E-state index is 14.2. The van der Waals surface area contributed by atoms with Crippen LogP contribution in [0.25, 0.3) is 0 Å². The van der Waals surface area contributed by atoms with E-state index < -0.39 is 23.6 Å². The number of carbonyl (C=O) groups excluding carboxylic acids is 4. The average molecular weight is 654 g/mol. The summed E-state index contributed by atoms with van der Waals surface area (Å²) in [4.78, 5) is 62.8. The molecule has 47 heavy (non-hydrogen) atoms. The molecule has 1 N–H and O–H groups in total. The third-order valence-corrected chi connectivity index (χ3v) is 10.5. The summed E-state index contributed by atoms with van der Waals surface area (Å²) in [6, 6.07) is 7.64. The van der Waals surface area contributed by atoms with Gasteiger partial charge in [-0.05, 0) is 82.5 Å². The largest absolute Gasteiger partial charge is 0.456 e. The molecule has 0 bridgehead atoms. The fraction of sp³-hybridized carbons (Fsp3) is 0.730. The van der Waals surface area contributed by atoms with Crippen molar-refractivity contribution in [3.05, 3.63) is 35.9 Å². The minimum Gasteiger partial charge on any atom is -0.456 e. The average Bonchev–Trinajstić information content (AvgIpc) is 3.72. The third-order valence-electron chi connectivity index (χ3n) is 10.5. The van der Waals surface area contributed by atoms with Crippen molar-refractivity contribution in [3.8, 4) is 0 Å². The fourth-order valence-electron chi connectivity index (χ4n) is 7.52. The van der Waals surface area contributed by atoms with Gasteiger partial charge in [0.1, 0.15) is 18.2 Å². The molecule has 3 aliphatic rings. The van der Waals surface area contributed by atoms with Crippen LogP contribution in [0.1, 0.15) is 98.2 Å². The van der Waals surface area contributed by atoms with Gasteiger partial charge in [-0.1, -0.05) is 71.4 Å². The molecule has 0 saturated carbocycles. The number of piperidine rings is 1. The lowest BCUT2D eigenvalue weighted by Gasteiger charge is -2.41. The maximum Gasteiger partial charge on any atom is 0.329 e. The highest BCUT2D eigenvalue weighted by Crippen LogP contribution is 2.29. The van der Waals surface area contributed by atoms with E-state index in [-0.39, 0.29) is 47.7 Å². The topological polar surface area (TPSA) is 103 Å². The van der Waals surface area contributed by atoms with Gasteiger partial charge < -0.3 is 19.9 Å². The first-order valence-corrected chi connectivity index (χ1v) is 17.8. The first kappa shape index (κ1) is 36.8. The number of carbonyl (C=O) groups is 4. The van der Waals surface area contributed by atoms with E-state index in [0.717, 1.165) is 57.2 Å². The molecule has 6 atom stereocenters. The number of nitrogens with zero attached hydrogens (tertiary/aromatic N) is 4. The van der Waals surface area contributed by atoms with Crippen LogP contribution in [0.3, 0.4) is 0 Å². The molecule has 262 valence electrons. The number of likely N-dealkylation sites (tertiary alicyclic amines) is 3. The second kappa shape index (κ2) is 15.9. The van der Waals surface area contributed by atoms with Gasteiger partial charge in [0.2, 0.25) is 17.7 Å². The summed E-state index contributed by atoms with van der Waals surface area (Å²) in [5, 5.41) is 3.14. The number of hydrogen-bond acceptors (Lipinski definition) is 7. The number of ether oxygens (including phenoxy) is 1. The number of rotatable bonds is 11. The molecular formula is C37H59N5O5. The molecule has 3 aliphatic heterocycles.